The summed E-state index contributed by atoms with van der Waals surface area (Å²) in [5, 5.41) is 10.0. The molecule has 0 atom stereocenters. The number of hydrogen-bond donors (Lipinski definition) is 1. The molecule has 3 rings (SSSR count). The minimum atomic E-state index is -0.361. The summed E-state index contributed by atoms with van der Waals surface area (Å²) in [6, 6.07) is 12.5. The van der Waals surface area contributed by atoms with E-state index < -0.39 is 0 Å². The monoisotopic (exact) mass is 361 g/mol. The molecule has 0 spiro atoms. The zero-order valence-electron chi connectivity index (χ0n) is 11.1. The van der Waals surface area contributed by atoms with E-state index in [0.717, 1.165) is 4.47 Å². The van der Waals surface area contributed by atoms with Crippen molar-refractivity contribution in [2.24, 2.45) is 0 Å². The van der Waals surface area contributed by atoms with Gasteiger partial charge in [0.15, 0.2) is 5.69 Å². The van der Waals surface area contributed by atoms with Crippen molar-refractivity contribution < 1.29 is 13.8 Å². The molecule has 110 valence electrons. The first-order valence-electron chi connectivity index (χ1n) is 6.29. The van der Waals surface area contributed by atoms with Crippen LogP contribution in [0.4, 0.5) is 10.2 Å². The molecule has 0 unspecified atom stereocenters. The third kappa shape index (κ3) is 3.04. The fourth-order valence-electron chi connectivity index (χ4n) is 1.85. The van der Waals surface area contributed by atoms with Crippen molar-refractivity contribution in [3.8, 4) is 11.3 Å². The number of rotatable bonds is 3. The average molecular weight is 362 g/mol. The lowest BCUT2D eigenvalue weighted by Gasteiger charge is -2.03. The van der Waals surface area contributed by atoms with E-state index in [0.29, 0.717) is 16.8 Å². The quantitative estimate of drug-likeness (QED) is 0.768. The Kier molecular flexibility index (Phi) is 3.97. The van der Waals surface area contributed by atoms with E-state index in [9.17, 15) is 9.18 Å². The molecule has 0 radical (unpaired) electrons. The third-order valence-corrected chi connectivity index (χ3v) is 3.47. The first kappa shape index (κ1) is 14.4. The van der Waals surface area contributed by atoms with E-state index in [-0.39, 0.29) is 17.5 Å². The summed E-state index contributed by atoms with van der Waals surface area (Å²) < 4.78 is 18.5. The zero-order chi connectivity index (χ0) is 15.5. The maximum atomic E-state index is 13.0. The Balaban J connectivity index is 1.84. The van der Waals surface area contributed by atoms with Crippen molar-refractivity contribution in [3.05, 3.63) is 64.4 Å². The number of halogens is 2. The Labute approximate surface area is 133 Å². The van der Waals surface area contributed by atoms with E-state index in [1.807, 2.05) is 0 Å². The van der Waals surface area contributed by atoms with Gasteiger partial charge in [-0.15, -0.1) is 0 Å². The van der Waals surface area contributed by atoms with E-state index in [2.05, 4.69) is 36.2 Å². The van der Waals surface area contributed by atoms with Crippen molar-refractivity contribution in [2.75, 3.05) is 5.32 Å². The standard InChI is InChI=1S/C15H9BrFN3O2/c16-11-5-1-10(2-6-11)15(21)18-14-13(19-22-20-14)9-3-7-12(17)8-4-9/h1-8H,(H,18,20,21). The van der Waals surface area contributed by atoms with Crippen LogP contribution in [0.25, 0.3) is 11.3 Å². The molecule has 1 heterocycles. The molecule has 0 aliphatic carbocycles. The smallest absolute Gasteiger partial charge is 0.256 e. The first-order valence-corrected chi connectivity index (χ1v) is 7.08. The summed E-state index contributed by atoms with van der Waals surface area (Å²) in [5.41, 5.74) is 1.40. The number of aromatic nitrogens is 2. The number of amides is 1. The zero-order valence-corrected chi connectivity index (χ0v) is 12.7. The molecule has 1 amide bonds. The number of benzene rings is 2. The van der Waals surface area contributed by atoms with Crippen LogP contribution in [0.5, 0.6) is 0 Å². The molecule has 0 aliphatic heterocycles. The predicted molar refractivity (Wildman–Crippen MR) is 81.8 cm³/mol. The Morgan fingerprint density at radius 3 is 2.41 bits per heavy atom. The summed E-state index contributed by atoms with van der Waals surface area (Å²) >= 11 is 3.30. The molecule has 1 N–H and O–H groups in total. The van der Waals surface area contributed by atoms with Gasteiger partial charge in [-0.3, -0.25) is 4.79 Å². The maximum Gasteiger partial charge on any atom is 0.256 e. The van der Waals surface area contributed by atoms with Gasteiger partial charge in [0.25, 0.3) is 5.91 Å². The minimum Gasteiger partial charge on any atom is -0.302 e. The van der Waals surface area contributed by atoms with Crippen LogP contribution in [0, 0.1) is 5.82 Å². The Bertz CT molecular complexity index is 800. The molecular formula is C15H9BrFN3O2. The van der Waals surface area contributed by atoms with E-state index in [4.69, 9.17) is 0 Å². The van der Waals surface area contributed by atoms with Crippen LogP contribution in [0.15, 0.2) is 57.6 Å². The number of nitrogens with zero attached hydrogens (tertiary/aromatic N) is 2. The topological polar surface area (TPSA) is 68.0 Å². The largest absolute Gasteiger partial charge is 0.302 e. The van der Waals surface area contributed by atoms with Crippen LogP contribution in [0.2, 0.25) is 0 Å². The van der Waals surface area contributed by atoms with E-state index in [1.165, 1.54) is 24.3 Å². The molecule has 5 nitrogen and oxygen atoms in total. The number of nitrogens with one attached hydrogen (secondary N) is 1. The van der Waals surface area contributed by atoms with Crippen LogP contribution in [-0.2, 0) is 0 Å². The lowest BCUT2D eigenvalue weighted by atomic mass is 10.1. The molecule has 0 saturated carbocycles. The van der Waals surface area contributed by atoms with Crippen LogP contribution in [-0.4, -0.2) is 16.2 Å². The minimum absolute atomic E-state index is 0.180. The molecule has 0 fully saturated rings. The number of carbonyl (C=O) groups is 1. The van der Waals surface area contributed by atoms with Gasteiger partial charge in [0.1, 0.15) is 5.82 Å². The van der Waals surface area contributed by atoms with Crippen LogP contribution in [0.1, 0.15) is 10.4 Å². The lowest BCUT2D eigenvalue weighted by molar-refractivity contribution is 0.102. The van der Waals surface area contributed by atoms with E-state index >= 15 is 0 Å². The van der Waals surface area contributed by atoms with E-state index in [1.54, 1.807) is 24.3 Å². The second-order valence-electron chi connectivity index (χ2n) is 4.43. The summed E-state index contributed by atoms with van der Waals surface area (Å²) in [6.07, 6.45) is 0. The number of carbonyl (C=O) groups excluding carboxylic acids is 1. The van der Waals surface area contributed by atoms with Gasteiger partial charge in [-0.2, -0.15) is 0 Å². The number of hydrogen-bond acceptors (Lipinski definition) is 4. The highest BCUT2D eigenvalue weighted by Gasteiger charge is 2.16. The van der Waals surface area contributed by atoms with Gasteiger partial charge < -0.3 is 5.32 Å². The van der Waals surface area contributed by atoms with Gasteiger partial charge >= 0.3 is 0 Å². The predicted octanol–water partition coefficient (Wildman–Crippen LogP) is 3.89. The normalized spacial score (nSPS) is 10.5. The first-order chi connectivity index (χ1) is 10.6. The highest BCUT2D eigenvalue weighted by molar-refractivity contribution is 9.10. The summed E-state index contributed by atoms with van der Waals surface area (Å²) in [7, 11) is 0. The Hall–Kier alpha value is -2.54. The molecule has 1 aromatic heterocycles. The van der Waals surface area contributed by atoms with Crippen LogP contribution in [0.3, 0.4) is 0 Å². The fraction of sp³-hybridized carbons (Fsp3) is 0. The average Bonchev–Trinajstić information content (AvgIpc) is 2.97. The van der Waals surface area contributed by atoms with Crippen molar-refractivity contribution in [2.45, 2.75) is 0 Å². The van der Waals surface area contributed by atoms with Crippen molar-refractivity contribution in [3.63, 3.8) is 0 Å². The van der Waals surface area contributed by atoms with Gasteiger partial charge in [-0.25, -0.2) is 9.02 Å². The second kappa shape index (κ2) is 6.07. The SMILES string of the molecule is O=C(Nc1nonc1-c1ccc(F)cc1)c1ccc(Br)cc1. The van der Waals surface area contributed by atoms with Gasteiger partial charge in [0.2, 0.25) is 5.82 Å². The molecule has 0 bridgehead atoms. The molecule has 22 heavy (non-hydrogen) atoms. The number of anilines is 1. The van der Waals surface area contributed by atoms with Crippen molar-refractivity contribution in [1.29, 1.82) is 0 Å². The van der Waals surface area contributed by atoms with Gasteiger partial charge in [0, 0.05) is 15.6 Å². The maximum absolute atomic E-state index is 13.0. The highest BCUT2D eigenvalue weighted by Crippen LogP contribution is 2.25. The van der Waals surface area contributed by atoms with Gasteiger partial charge in [-0.05, 0) is 58.8 Å². The lowest BCUT2D eigenvalue weighted by Crippen LogP contribution is -2.12. The summed E-state index contributed by atoms with van der Waals surface area (Å²) in [6.45, 7) is 0. The van der Waals surface area contributed by atoms with Crippen molar-refractivity contribution >= 4 is 27.7 Å². The Morgan fingerprint density at radius 2 is 1.73 bits per heavy atom. The van der Waals surface area contributed by atoms with Gasteiger partial charge in [-0.1, -0.05) is 15.9 Å². The Morgan fingerprint density at radius 1 is 1.05 bits per heavy atom. The molecule has 0 aliphatic rings. The highest BCUT2D eigenvalue weighted by atomic mass is 79.9. The molecule has 2 aromatic carbocycles. The molecule has 3 aromatic rings. The van der Waals surface area contributed by atoms with Crippen molar-refractivity contribution in [1.82, 2.24) is 10.3 Å². The molecular weight excluding hydrogens is 353 g/mol. The second-order valence-corrected chi connectivity index (χ2v) is 5.35. The molecule has 7 heteroatoms. The summed E-state index contributed by atoms with van der Waals surface area (Å²) in [4.78, 5) is 12.2. The van der Waals surface area contributed by atoms with Crippen LogP contribution >= 0.6 is 15.9 Å². The van der Waals surface area contributed by atoms with Crippen LogP contribution < -0.4 is 5.32 Å². The summed E-state index contributed by atoms with van der Waals surface area (Å²) in [5.74, 6) is -0.522. The molecule has 0 saturated heterocycles. The third-order valence-electron chi connectivity index (χ3n) is 2.94. The fourth-order valence-corrected chi connectivity index (χ4v) is 2.11. The van der Waals surface area contributed by atoms with Gasteiger partial charge in [0.05, 0.1) is 0 Å².